The third kappa shape index (κ3) is 5.01. The van der Waals surface area contributed by atoms with Crippen molar-refractivity contribution in [1.82, 2.24) is 5.32 Å². The molecule has 1 fully saturated rings. The molecule has 1 saturated carbocycles. The first-order chi connectivity index (χ1) is 7.24. The van der Waals surface area contributed by atoms with Crippen LogP contribution < -0.4 is 5.32 Å². The Labute approximate surface area is 96.0 Å². The van der Waals surface area contributed by atoms with Crippen molar-refractivity contribution in [1.29, 1.82) is 0 Å². The van der Waals surface area contributed by atoms with Gasteiger partial charge in [0.15, 0.2) is 0 Å². The Morgan fingerprint density at radius 2 is 1.73 bits per heavy atom. The van der Waals surface area contributed by atoms with Gasteiger partial charge in [-0.3, -0.25) is 0 Å². The molecule has 0 aromatic rings. The number of hydrogen-bond acceptors (Lipinski definition) is 1. The summed E-state index contributed by atoms with van der Waals surface area (Å²) in [6.07, 6.45) is 10.2. The zero-order chi connectivity index (χ0) is 11.1. The lowest BCUT2D eigenvalue weighted by molar-refractivity contribution is 0.272. The normalized spacial score (nSPS) is 28.0. The maximum atomic E-state index is 3.38. The van der Waals surface area contributed by atoms with Gasteiger partial charge >= 0.3 is 0 Å². The first kappa shape index (κ1) is 13.0. The van der Waals surface area contributed by atoms with E-state index >= 15 is 0 Å². The van der Waals surface area contributed by atoms with Gasteiger partial charge in [0.05, 0.1) is 0 Å². The van der Waals surface area contributed by atoms with Gasteiger partial charge in [0.2, 0.25) is 0 Å². The molecule has 1 nitrogen and oxygen atoms in total. The molecular formula is C14H29N. The van der Waals surface area contributed by atoms with Crippen molar-refractivity contribution in [2.75, 3.05) is 13.6 Å². The largest absolute Gasteiger partial charge is 0.319 e. The quantitative estimate of drug-likeness (QED) is 0.681. The average Bonchev–Trinajstić information content (AvgIpc) is 2.41. The van der Waals surface area contributed by atoms with Gasteiger partial charge in [-0.1, -0.05) is 46.0 Å². The van der Waals surface area contributed by atoms with E-state index in [4.69, 9.17) is 0 Å². The number of rotatable bonds is 5. The summed E-state index contributed by atoms with van der Waals surface area (Å²) in [5.74, 6) is 2.84. The van der Waals surface area contributed by atoms with Crippen LogP contribution in [0.3, 0.4) is 0 Å². The lowest BCUT2D eigenvalue weighted by Gasteiger charge is -2.25. The summed E-state index contributed by atoms with van der Waals surface area (Å²) in [5.41, 5.74) is 0. The van der Waals surface area contributed by atoms with Crippen molar-refractivity contribution in [3.8, 4) is 0 Å². The predicted octanol–water partition coefficient (Wildman–Crippen LogP) is 3.84. The van der Waals surface area contributed by atoms with Crippen LogP contribution >= 0.6 is 0 Å². The van der Waals surface area contributed by atoms with Crippen LogP contribution in [-0.2, 0) is 0 Å². The fourth-order valence-corrected chi connectivity index (χ4v) is 2.92. The van der Waals surface area contributed by atoms with Crippen LogP contribution in [0.4, 0.5) is 0 Å². The van der Waals surface area contributed by atoms with Crippen molar-refractivity contribution < 1.29 is 0 Å². The molecule has 90 valence electrons. The van der Waals surface area contributed by atoms with E-state index in [1.807, 2.05) is 0 Å². The molecule has 0 aromatic heterocycles. The van der Waals surface area contributed by atoms with Crippen molar-refractivity contribution in [3.63, 3.8) is 0 Å². The molecule has 1 rings (SSSR count). The van der Waals surface area contributed by atoms with Gasteiger partial charge in [0.1, 0.15) is 0 Å². The molecule has 1 N–H and O–H groups in total. The topological polar surface area (TPSA) is 12.0 Å². The molecule has 0 aromatic carbocycles. The molecule has 1 aliphatic carbocycles. The number of nitrogens with one attached hydrogen (secondary N) is 1. The lowest BCUT2D eigenvalue weighted by Crippen LogP contribution is -2.25. The van der Waals surface area contributed by atoms with Crippen LogP contribution in [0, 0.1) is 17.8 Å². The minimum atomic E-state index is 0.878. The van der Waals surface area contributed by atoms with Gasteiger partial charge in [0.25, 0.3) is 0 Å². The van der Waals surface area contributed by atoms with E-state index in [-0.39, 0.29) is 0 Å². The van der Waals surface area contributed by atoms with Crippen LogP contribution in [0.15, 0.2) is 0 Å². The van der Waals surface area contributed by atoms with E-state index in [1.165, 1.54) is 51.5 Å². The second-order valence-corrected chi connectivity index (χ2v) is 5.69. The van der Waals surface area contributed by atoms with Crippen LogP contribution in [0.2, 0.25) is 0 Å². The third-order valence-corrected chi connectivity index (χ3v) is 3.90. The van der Waals surface area contributed by atoms with E-state index in [9.17, 15) is 0 Å². The third-order valence-electron chi connectivity index (χ3n) is 3.90. The standard InChI is InChI=1S/C14H29N/c1-12(2)9-10-13-7-5-4-6-8-14(13)11-15-3/h12-15H,4-11H2,1-3H3. The van der Waals surface area contributed by atoms with E-state index in [0.29, 0.717) is 0 Å². The predicted molar refractivity (Wildman–Crippen MR) is 68.1 cm³/mol. The van der Waals surface area contributed by atoms with Gasteiger partial charge in [-0.15, -0.1) is 0 Å². The highest BCUT2D eigenvalue weighted by Gasteiger charge is 2.22. The summed E-state index contributed by atoms with van der Waals surface area (Å²) in [6.45, 7) is 5.94. The summed E-state index contributed by atoms with van der Waals surface area (Å²) < 4.78 is 0. The summed E-state index contributed by atoms with van der Waals surface area (Å²) >= 11 is 0. The molecule has 0 radical (unpaired) electrons. The molecule has 0 aliphatic heterocycles. The summed E-state index contributed by atoms with van der Waals surface area (Å²) in [4.78, 5) is 0. The highest BCUT2D eigenvalue weighted by molar-refractivity contribution is 4.75. The number of hydrogen-bond donors (Lipinski definition) is 1. The molecule has 15 heavy (non-hydrogen) atoms. The lowest BCUT2D eigenvalue weighted by atomic mass is 9.83. The zero-order valence-electron chi connectivity index (χ0n) is 10.9. The Balaban J connectivity index is 2.39. The molecular weight excluding hydrogens is 182 g/mol. The van der Waals surface area contributed by atoms with E-state index in [2.05, 4.69) is 26.2 Å². The maximum Gasteiger partial charge on any atom is -0.00209 e. The molecule has 1 heteroatoms. The van der Waals surface area contributed by atoms with Gasteiger partial charge in [-0.2, -0.15) is 0 Å². The second-order valence-electron chi connectivity index (χ2n) is 5.69. The fraction of sp³-hybridized carbons (Fsp3) is 1.00. The van der Waals surface area contributed by atoms with E-state index in [0.717, 1.165) is 17.8 Å². The van der Waals surface area contributed by atoms with Crippen LogP contribution in [-0.4, -0.2) is 13.6 Å². The first-order valence-corrected chi connectivity index (χ1v) is 6.88. The fourth-order valence-electron chi connectivity index (χ4n) is 2.92. The Morgan fingerprint density at radius 3 is 2.33 bits per heavy atom. The van der Waals surface area contributed by atoms with Crippen molar-refractivity contribution in [2.24, 2.45) is 17.8 Å². The van der Waals surface area contributed by atoms with Gasteiger partial charge < -0.3 is 5.32 Å². The molecule has 2 unspecified atom stereocenters. The Morgan fingerprint density at radius 1 is 1.07 bits per heavy atom. The average molecular weight is 211 g/mol. The Bertz CT molecular complexity index is 153. The molecule has 0 amide bonds. The van der Waals surface area contributed by atoms with Gasteiger partial charge in [0, 0.05) is 0 Å². The molecule has 2 atom stereocenters. The highest BCUT2D eigenvalue weighted by atomic mass is 14.8. The molecule has 1 aliphatic rings. The van der Waals surface area contributed by atoms with Crippen molar-refractivity contribution in [3.05, 3.63) is 0 Å². The monoisotopic (exact) mass is 211 g/mol. The van der Waals surface area contributed by atoms with Crippen LogP contribution in [0.1, 0.15) is 58.8 Å². The molecule has 0 bridgehead atoms. The summed E-state index contributed by atoms with van der Waals surface area (Å²) in [6, 6.07) is 0. The maximum absolute atomic E-state index is 3.38. The van der Waals surface area contributed by atoms with E-state index < -0.39 is 0 Å². The second kappa shape index (κ2) is 7.27. The Hall–Kier alpha value is -0.0400. The SMILES string of the molecule is CNCC1CCCCCC1CCC(C)C. The van der Waals surface area contributed by atoms with Gasteiger partial charge in [-0.05, 0) is 44.2 Å². The summed E-state index contributed by atoms with van der Waals surface area (Å²) in [5, 5.41) is 3.38. The minimum Gasteiger partial charge on any atom is -0.319 e. The zero-order valence-corrected chi connectivity index (χ0v) is 10.9. The Kier molecular flexibility index (Phi) is 6.31. The van der Waals surface area contributed by atoms with Crippen LogP contribution in [0.25, 0.3) is 0 Å². The van der Waals surface area contributed by atoms with E-state index in [1.54, 1.807) is 0 Å². The van der Waals surface area contributed by atoms with Crippen molar-refractivity contribution in [2.45, 2.75) is 58.8 Å². The summed E-state index contributed by atoms with van der Waals surface area (Å²) in [7, 11) is 2.10. The smallest absolute Gasteiger partial charge is 0.00209 e. The minimum absolute atomic E-state index is 0.878. The highest BCUT2D eigenvalue weighted by Crippen LogP contribution is 2.32. The molecule has 0 spiro atoms. The molecule has 0 saturated heterocycles. The van der Waals surface area contributed by atoms with Crippen LogP contribution in [0.5, 0.6) is 0 Å². The van der Waals surface area contributed by atoms with Crippen molar-refractivity contribution >= 4 is 0 Å². The molecule has 0 heterocycles. The first-order valence-electron chi connectivity index (χ1n) is 6.88. The van der Waals surface area contributed by atoms with Gasteiger partial charge in [-0.25, -0.2) is 0 Å².